The number of aliphatic hydroxyl groups excluding tert-OH is 2. The van der Waals surface area contributed by atoms with Gasteiger partial charge in [-0.05, 0) is 107 Å². The zero-order valence-corrected chi connectivity index (χ0v) is 36.8. The zero-order valence-electron chi connectivity index (χ0n) is 36.8. The van der Waals surface area contributed by atoms with Gasteiger partial charge in [-0.2, -0.15) is 0 Å². The molecule has 0 aromatic heterocycles. The summed E-state index contributed by atoms with van der Waals surface area (Å²) in [6, 6.07) is -0.875. The largest absolute Gasteiger partial charge is 0.457 e. The van der Waals surface area contributed by atoms with Gasteiger partial charge >= 0.3 is 5.97 Å². The van der Waals surface area contributed by atoms with Crippen LogP contribution in [0.5, 0.6) is 0 Å². The lowest BCUT2D eigenvalue weighted by atomic mass is 9.75. The highest BCUT2D eigenvalue weighted by Crippen LogP contribution is 2.43. The number of rotatable bonds is 13. The molecule has 3 aliphatic rings. The van der Waals surface area contributed by atoms with Crippen LogP contribution in [0.2, 0.25) is 0 Å². The molecule has 7 N–H and O–H groups in total. The highest BCUT2D eigenvalue weighted by atomic mass is 16.7. The SMILES string of the molecule is CCCNC[C@]1(O)[C@H](C)O[C@@H](O[C@H]2[C@H](C)[C@@H](O[C@@H]3O[C@H](C)C[C@H](N(C)C)[C@H]3O)C(C)(O)C[C@@H](C)CN[C@H](C)C([C@](C)(O)[C@@H](O)CC)OC(=O)[C@@H]2C)C[C@@]1(C)OC. The first kappa shape index (κ1) is 49.3. The van der Waals surface area contributed by atoms with Gasteiger partial charge in [-0.1, -0.05) is 27.7 Å². The highest BCUT2D eigenvalue weighted by molar-refractivity contribution is 5.73. The molecule has 3 fully saturated rings. The summed E-state index contributed by atoms with van der Waals surface area (Å²) in [6.45, 7) is 20.9. The Labute approximate surface area is 336 Å². The van der Waals surface area contributed by atoms with Gasteiger partial charge in [-0.25, -0.2) is 0 Å². The number of nitrogens with one attached hydrogen (secondary N) is 2. The molecular formula is C41H79N3O12. The minimum Gasteiger partial charge on any atom is -0.457 e. The lowest BCUT2D eigenvalue weighted by Crippen LogP contribution is -2.70. The summed E-state index contributed by atoms with van der Waals surface area (Å²) < 4.78 is 38.4. The Bertz CT molecular complexity index is 1230. The molecule has 0 radical (unpaired) electrons. The first-order valence-corrected chi connectivity index (χ1v) is 20.9. The van der Waals surface area contributed by atoms with Crippen molar-refractivity contribution in [2.75, 3.05) is 40.8 Å². The minimum absolute atomic E-state index is 0.0928. The molecule has 0 saturated carbocycles. The standard InChI is InChI=1S/C41H79N3O12/c1-15-17-42-22-41(50)28(8)53-31(20-39(41,10)51-14)54-33-25(5)34(56-37-32(46)29(44(12)13)18-24(4)52-37)38(9,48)19-23(3)21-43-27(7)35(55-36(47)26(33)6)40(11,49)30(45)16-2/h23-35,37,42-43,45-46,48-50H,15-22H2,1-14H3/t23-,24-,25+,26-,27-,28+,29+,30+,31+,32-,33+,34-,35?,37+,38?,39-,40-,41+/m1/s1. The summed E-state index contributed by atoms with van der Waals surface area (Å²) in [7, 11) is 5.31. The molecule has 0 bridgehead atoms. The van der Waals surface area contributed by atoms with E-state index in [0.717, 1.165) is 6.42 Å². The number of ether oxygens (including phenoxy) is 6. The van der Waals surface area contributed by atoms with Crippen molar-refractivity contribution in [3.63, 3.8) is 0 Å². The van der Waals surface area contributed by atoms with Gasteiger partial charge in [-0.3, -0.25) is 4.79 Å². The summed E-state index contributed by atoms with van der Waals surface area (Å²) >= 11 is 0. The summed E-state index contributed by atoms with van der Waals surface area (Å²) in [6.07, 6.45) is -6.62. The van der Waals surface area contributed by atoms with Gasteiger partial charge in [-0.15, -0.1) is 0 Å². The van der Waals surface area contributed by atoms with Crippen molar-refractivity contribution in [3.8, 4) is 0 Å². The molecule has 15 heteroatoms. The van der Waals surface area contributed by atoms with E-state index in [1.165, 1.54) is 14.0 Å². The molecule has 0 amide bonds. The van der Waals surface area contributed by atoms with Crippen molar-refractivity contribution in [2.24, 2.45) is 17.8 Å². The van der Waals surface area contributed by atoms with Crippen LogP contribution in [-0.4, -0.2) is 167 Å². The summed E-state index contributed by atoms with van der Waals surface area (Å²) in [5, 5.41) is 65.4. The molecule has 56 heavy (non-hydrogen) atoms. The fraction of sp³-hybridized carbons (Fsp3) is 0.976. The van der Waals surface area contributed by atoms with E-state index in [9.17, 15) is 30.3 Å². The third kappa shape index (κ3) is 11.0. The van der Waals surface area contributed by atoms with Crippen LogP contribution in [0.1, 0.15) is 108 Å². The molecule has 0 spiro atoms. The van der Waals surface area contributed by atoms with Crippen LogP contribution in [0, 0.1) is 17.8 Å². The Morgan fingerprint density at radius 2 is 1.70 bits per heavy atom. The maximum absolute atomic E-state index is 14.5. The van der Waals surface area contributed by atoms with Crippen molar-refractivity contribution in [1.82, 2.24) is 15.5 Å². The number of nitrogens with zero attached hydrogens (tertiary/aromatic N) is 1. The summed E-state index contributed by atoms with van der Waals surface area (Å²) in [5.74, 6) is -2.67. The van der Waals surface area contributed by atoms with Crippen molar-refractivity contribution >= 4 is 5.97 Å². The maximum Gasteiger partial charge on any atom is 0.311 e. The van der Waals surface area contributed by atoms with Crippen LogP contribution in [0.3, 0.4) is 0 Å². The fourth-order valence-corrected chi connectivity index (χ4v) is 9.21. The number of esters is 1. The predicted octanol–water partition coefficient (Wildman–Crippen LogP) is 1.93. The third-order valence-electron chi connectivity index (χ3n) is 13.0. The van der Waals surface area contributed by atoms with E-state index < -0.39 is 95.5 Å². The van der Waals surface area contributed by atoms with E-state index in [0.29, 0.717) is 19.5 Å². The second-order valence-electron chi connectivity index (χ2n) is 18.2. The van der Waals surface area contributed by atoms with Crippen LogP contribution in [-0.2, 0) is 33.2 Å². The van der Waals surface area contributed by atoms with Crippen LogP contribution in [0.4, 0.5) is 0 Å². The van der Waals surface area contributed by atoms with Crippen molar-refractivity contribution in [1.29, 1.82) is 0 Å². The molecule has 3 aliphatic heterocycles. The Kier molecular flexibility index (Phi) is 17.6. The molecule has 0 aliphatic carbocycles. The van der Waals surface area contributed by atoms with Gasteiger partial charge in [0.25, 0.3) is 0 Å². The number of methoxy groups -OCH3 is 1. The number of hydrogen-bond acceptors (Lipinski definition) is 15. The summed E-state index contributed by atoms with van der Waals surface area (Å²) in [4.78, 5) is 16.4. The zero-order chi connectivity index (χ0) is 42.6. The minimum atomic E-state index is -1.81. The number of hydrogen-bond donors (Lipinski definition) is 7. The molecule has 18 atom stereocenters. The van der Waals surface area contributed by atoms with E-state index in [1.807, 2.05) is 53.6 Å². The molecular weight excluding hydrogens is 726 g/mol. The van der Waals surface area contributed by atoms with Crippen molar-refractivity contribution in [2.45, 2.75) is 198 Å². The average Bonchev–Trinajstić information content (AvgIpc) is 3.12. The summed E-state index contributed by atoms with van der Waals surface area (Å²) in [5.41, 5.74) is -5.93. The molecule has 15 nitrogen and oxygen atoms in total. The number of carbonyl (C=O) groups is 1. The number of likely N-dealkylation sites (N-methyl/N-ethyl adjacent to an activating group) is 1. The topological polar surface area (TPSA) is 201 Å². The number of carbonyl (C=O) groups excluding carboxylic acids is 1. The molecule has 3 rings (SSSR count). The fourth-order valence-electron chi connectivity index (χ4n) is 9.21. The first-order valence-electron chi connectivity index (χ1n) is 20.9. The lowest BCUT2D eigenvalue weighted by molar-refractivity contribution is -0.336. The van der Waals surface area contributed by atoms with Gasteiger partial charge in [0.1, 0.15) is 29.0 Å². The number of aliphatic hydroxyl groups is 5. The first-order chi connectivity index (χ1) is 25.9. The monoisotopic (exact) mass is 806 g/mol. The molecule has 330 valence electrons. The van der Waals surface area contributed by atoms with Gasteiger partial charge in [0, 0.05) is 38.1 Å². The van der Waals surface area contributed by atoms with Crippen LogP contribution < -0.4 is 10.6 Å². The Morgan fingerprint density at radius 3 is 2.27 bits per heavy atom. The molecule has 0 aromatic rings. The van der Waals surface area contributed by atoms with Gasteiger partial charge in [0.15, 0.2) is 12.6 Å². The Balaban J connectivity index is 2.16. The second kappa shape index (κ2) is 20.0. The van der Waals surface area contributed by atoms with E-state index >= 15 is 0 Å². The maximum atomic E-state index is 14.5. The molecule has 2 unspecified atom stereocenters. The highest BCUT2D eigenvalue weighted by Gasteiger charge is 2.58. The predicted molar refractivity (Wildman–Crippen MR) is 212 cm³/mol. The van der Waals surface area contributed by atoms with E-state index in [4.69, 9.17) is 28.4 Å². The van der Waals surface area contributed by atoms with E-state index in [-0.39, 0.29) is 43.9 Å². The third-order valence-corrected chi connectivity index (χ3v) is 13.0. The second-order valence-corrected chi connectivity index (χ2v) is 18.2. The molecule has 3 saturated heterocycles. The normalized spacial score (nSPS) is 45.2. The smallest absolute Gasteiger partial charge is 0.311 e. The van der Waals surface area contributed by atoms with Crippen molar-refractivity contribution < 1.29 is 58.7 Å². The van der Waals surface area contributed by atoms with Crippen LogP contribution in [0.25, 0.3) is 0 Å². The Morgan fingerprint density at radius 1 is 1.05 bits per heavy atom. The van der Waals surface area contributed by atoms with E-state index in [1.54, 1.807) is 34.6 Å². The lowest BCUT2D eigenvalue weighted by Gasteiger charge is -2.53. The van der Waals surface area contributed by atoms with Crippen LogP contribution in [0.15, 0.2) is 0 Å². The van der Waals surface area contributed by atoms with E-state index in [2.05, 4.69) is 10.6 Å². The molecule has 3 heterocycles. The van der Waals surface area contributed by atoms with Crippen LogP contribution >= 0.6 is 0 Å². The van der Waals surface area contributed by atoms with Crippen molar-refractivity contribution in [3.05, 3.63) is 0 Å². The molecule has 0 aromatic carbocycles. The van der Waals surface area contributed by atoms with Gasteiger partial charge < -0.3 is 69.5 Å². The van der Waals surface area contributed by atoms with Gasteiger partial charge in [0.05, 0.1) is 42.0 Å². The van der Waals surface area contributed by atoms with Gasteiger partial charge in [0.2, 0.25) is 0 Å². The Hall–Kier alpha value is -1.05. The average molecular weight is 806 g/mol. The number of cyclic esters (lactones) is 1. The quantitative estimate of drug-likeness (QED) is 0.105.